The summed E-state index contributed by atoms with van der Waals surface area (Å²) < 4.78 is 0. The Labute approximate surface area is 128 Å². The molecule has 2 aromatic rings. The van der Waals surface area contributed by atoms with Gasteiger partial charge < -0.3 is 10.0 Å². The summed E-state index contributed by atoms with van der Waals surface area (Å²) in [6.45, 7) is 4.27. The zero-order chi connectivity index (χ0) is 14.7. The molecule has 0 bridgehead atoms. The minimum Gasteiger partial charge on any atom is -0.507 e. The van der Waals surface area contributed by atoms with Gasteiger partial charge in [0.2, 0.25) is 0 Å². The van der Waals surface area contributed by atoms with Gasteiger partial charge in [0.25, 0.3) is 0 Å². The molecule has 1 aliphatic rings. The van der Waals surface area contributed by atoms with E-state index in [1.165, 1.54) is 30.3 Å². The number of aromatic hydroxyl groups is 1. The number of phenolic OH excluding ortho intramolecular Hbond substituents is 1. The highest BCUT2D eigenvalue weighted by Crippen LogP contribution is 2.27. The van der Waals surface area contributed by atoms with E-state index >= 15 is 0 Å². The number of nitrogens with zero attached hydrogens (tertiary/aromatic N) is 1. The molecule has 0 amide bonds. The summed E-state index contributed by atoms with van der Waals surface area (Å²) in [4.78, 5) is 2.50. The lowest BCUT2D eigenvalue weighted by molar-refractivity contribution is 0.475. The SMILES string of the molecule is Cc1cccc(Pc2ccccc2N2CCCCC2)c1O. The van der Waals surface area contributed by atoms with Crippen LogP contribution >= 0.6 is 8.58 Å². The molecule has 1 heterocycles. The van der Waals surface area contributed by atoms with Crippen LogP contribution < -0.4 is 15.5 Å². The van der Waals surface area contributed by atoms with Crippen molar-refractivity contribution in [2.24, 2.45) is 0 Å². The highest BCUT2D eigenvalue weighted by Gasteiger charge is 2.15. The van der Waals surface area contributed by atoms with E-state index in [1.807, 2.05) is 25.1 Å². The number of benzene rings is 2. The number of para-hydroxylation sites is 2. The van der Waals surface area contributed by atoms with Crippen LogP contribution in [0.1, 0.15) is 24.8 Å². The fraction of sp³-hybridized carbons (Fsp3) is 0.333. The number of rotatable bonds is 3. The van der Waals surface area contributed by atoms with Gasteiger partial charge in [-0.2, -0.15) is 0 Å². The van der Waals surface area contributed by atoms with Gasteiger partial charge in [-0.05, 0) is 37.8 Å². The summed E-state index contributed by atoms with van der Waals surface area (Å²) in [6, 6.07) is 14.7. The molecular formula is C18H22NOP. The second kappa shape index (κ2) is 6.49. The van der Waals surface area contributed by atoms with Crippen molar-refractivity contribution in [1.29, 1.82) is 0 Å². The highest BCUT2D eigenvalue weighted by molar-refractivity contribution is 7.56. The lowest BCUT2D eigenvalue weighted by Gasteiger charge is -2.30. The van der Waals surface area contributed by atoms with Crippen LogP contribution in [0.2, 0.25) is 0 Å². The molecule has 0 aromatic heterocycles. The quantitative estimate of drug-likeness (QED) is 0.879. The van der Waals surface area contributed by atoms with Crippen LogP contribution in [-0.4, -0.2) is 18.2 Å². The van der Waals surface area contributed by atoms with Gasteiger partial charge >= 0.3 is 0 Å². The molecule has 1 N–H and O–H groups in total. The molecule has 1 saturated heterocycles. The van der Waals surface area contributed by atoms with Crippen molar-refractivity contribution in [2.45, 2.75) is 26.2 Å². The third kappa shape index (κ3) is 3.22. The first-order valence-corrected chi connectivity index (χ1v) is 8.65. The Hall–Kier alpha value is -1.53. The van der Waals surface area contributed by atoms with E-state index < -0.39 is 0 Å². The Kier molecular flexibility index (Phi) is 4.45. The van der Waals surface area contributed by atoms with Crippen molar-refractivity contribution >= 4 is 24.9 Å². The Morgan fingerprint density at radius 3 is 2.43 bits per heavy atom. The van der Waals surface area contributed by atoms with Gasteiger partial charge in [-0.3, -0.25) is 0 Å². The standard InChI is InChI=1S/C18H22NOP/c1-14-8-7-11-17(18(14)20)21-16-10-4-3-9-15(16)19-12-5-2-6-13-19/h3-4,7-11,20-21H,2,5-6,12-13H2,1H3. The van der Waals surface area contributed by atoms with Gasteiger partial charge in [-0.1, -0.05) is 45.0 Å². The predicted molar refractivity (Wildman–Crippen MR) is 92.9 cm³/mol. The van der Waals surface area contributed by atoms with Crippen molar-refractivity contribution < 1.29 is 5.11 Å². The summed E-state index contributed by atoms with van der Waals surface area (Å²) in [7, 11) is 0.503. The molecule has 1 atom stereocenters. The fourth-order valence-electron chi connectivity index (χ4n) is 2.89. The summed E-state index contributed by atoms with van der Waals surface area (Å²) in [5.41, 5.74) is 2.30. The molecule has 1 fully saturated rings. The minimum absolute atomic E-state index is 0.448. The van der Waals surface area contributed by atoms with Crippen LogP contribution in [0, 0.1) is 6.92 Å². The zero-order valence-corrected chi connectivity index (χ0v) is 13.5. The van der Waals surface area contributed by atoms with Crippen LogP contribution in [0.15, 0.2) is 42.5 Å². The molecule has 0 spiro atoms. The van der Waals surface area contributed by atoms with Crippen molar-refractivity contribution in [3.05, 3.63) is 48.0 Å². The Bertz CT molecular complexity index is 620. The van der Waals surface area contributed by atoms with Crippen molar-refractivity contribution in [3.8, 4) is 5.75 Å². The lowest BCUT2D eigenvalue weighted by Crippen LogP contribution is -2.32. The first-order valence-electron chi connectivity index (χ1n) is 7.65. The maximum Gasteiger partial charge on any atom is 0.126 e. The van der Waals surface area contributed by atoms with Crippen molar-refractivity contribution in [3.63, 3.8) is 0 Å². The van der Waals surface area contributed by atoms with E-state index in [2.05, 4.69) is 29.2 Å². The Morgan fingerprint density at radius 2 is 1.62 bits per heavy atom. The maximum atomic E-state index is 10.3. The average molecular weight is 299 g/mol. The van der Waals surface area contributed by atoms with E-state index in [-0.39, 0.29) is 0 Å². The summed E-state index contributed by atoms with van der Waals surface area (Å²) in [5.74, 6) is 0.448. The van der Waals surface area contributed by atoms with Crippen LogP contribution in [0.25, 0.3) is 0 Å². The molecular weight excluding hydrogens is 277 g/mol. The van der Waals surface area contributed by atoms with E-state index in [4.69, 9.17) is 0 Å². The van der Waals surface area contributed by atoms with Crippen LogP contribution in [0.4, 0.5) is 5.69 Å². The molecule has 3 rings (SSSR count). The van der Waals surface area contributed by atoms with Gasteiger partial charge in [0.05, 0.1) is 0 Å². The number of piperidine rings is 1. The molecule has 1 aliphatic heterocycles. The molecule has 110 valence electrons. The van der Waals surface area contributed by atoms with Crippen LogP contribution in [0.3, 0.4) is 0 Å². The lowest BCUT2D eigenvalue weighted by atomic mass is 10.1. The summed E-state index contributed by atoms with van der Waals surface area (Å²) in [6.07, 6.45) is 3.92. The Morgan fingerprint density at radius 1 is 0.905 bits per heavy atom. The smallest absolute Gasteiger partial charge is 0.126 e. The van der Waals surface area contributed by atoms with Gasteiger partial charge in [0.15, 0.2) is 0 Å². The van der Waals surface area contributed by atoms with E-state index in [1.54, 1.807) is 0 Å². The van der Waals surface area contributed by atoms with Crippen LogP contribution in [0.5, 0.6) is 5.75 Å². The zero-order valence-electron chi connectivity index (χ0n) is 12.5. The third-order valence-electron chi connectivity index (χ3n) is 4.11. The second-order valence-electron chi connectivity index (χ2n) is 5.66. The summed E-state index contributed by atoms with van der Waals surface area (Å²) in [5, 5.41) is 12.6. The van der Waals surface area contributed by atoms with E-state index in [0.29, 0.717) is 14.3 Å². The van der Waals surface area contributed by atoms with Gasteiger partial charge in [-0.25, -0.2) is 0 Å². The number of hydrogen-bond donors (Lipinski definition) is 1. The maximum absolute atomic E-state index is 10.3. The predicted octanol–water partition coefficient (Wildman–Crippen LogP) is 3.32. The average Bonchev–Trinajstić information content (AvgIpc) is 2.53. The van der Waals surface area contributed by atoms with Crippen molar-refractivity contribution in [1.82, 2.24) is 0 Å². The fourth-order valence-corrected chi connectivity index (χ4v) is 4.23. The molecule has 0 saturated carbocycles. The third-order valence-corrected chi connectivity index (χ3v) is 5.47. The topological polar surface area (TPSA) is 23.5 Å². The first kappa shape index (κ1) is 14.4. The molecule has 3 heteroatoms. The monoisotopic (exact) mass is 299 g/mol. The van der Waals surface area contributed by atoms with Gasteiger partial charge in [-0.15, -0.1) is 0 Å². The molecule has 21 heavy (non-hydrogen) atoms. The largest absolute Gasteiger partial charge is 0.507 e. The molecule has 0 aliphatic carbocycles. The van der Waals surface area contributed by atoms with Gasteiger partial charge in [0.1, 0.15) is 5.75 Å². The minimum atomic E-state index is 0.448. The van der Waals surface area contributed by atoms with E-state index in [0.717, 1.165) is 24.0 Å². The van der Waals surface area contributed by atoms with Gasteiger partial charge in [0, 0.05) is 29.4 Å². The molecule has 2 aromatic carbocycles. The van der Waals surface area contributed by atoms with E-state index in [9.17, 15) is 5.11 Å². The molecule has 1 unspecified atom stereocenters. The first-order chi connectivity index (χ1) is 10.3. The van der Waals surface area contributed by atoms with Crippen LogP contribution in [-0.2, 0) is 0 Å². The number of phenols is 1. The number of hydrogen-bond acceptors (Lipinski definition) is 2. The normalized spacial score (nSPS) is 15.8. The molecule has 0 radical (unpaired) electrons. The highest BCUT2D eigenvalue weighted by atomic mass is 31.1. The number of aryl methyl sites for hydroxylation is 1. The van der Waals surface area contributed by atoms with Crippen molar-refractivity contribution in [2.75, 3.05) is 18.0 Å². The number of anilines is 1. The summed E-state index contributed by atoms with van der Waals surface area (Å²) >= 11 is 0. The Balaban J connectivity index is 1.90. The second-order valence-corrected chi connectivity index (χ2v) is 6.99. The molecule has 2 nitrogen and oxygen atoms in total.